The molecule has 1 N–H and O–H groups in total. The van der Waals surface area contributed by atoms with Crippen molar-refractivity contribution in [1.82, 2.24) is 9.78 Å². The van der Waals surface area contributed by atoms with E-state index < -0.39 is 9.84 Å². The van der Waals surface area contributed by atoms with E-state index in [0.717, 1.165) is 30.5 Å². The number of H-pyrrole nitrogens is 1. The fourth-order valence-electron chi connectivity index (χ4n) is 2.01. The predicted molar refractivity (Wildman–Crippen MR) is 61.4 cm³/mol. The van der Waals surface area contributed by atoms with Gasteiger partial charge in [0.1, 0.15) is 0 Å². The Bertz CT molecular complexity index is 539. The van der Waals surface area contributed by atoms with E-state index in [1.165, 1.54) is 4.68 Å². The molecule has 0 atom stereocenters. The number of nitrogens with zero attached hydrogens (tertiary/aromatic N) is 1. The smallest absolute Gasteiger partial charge is 0.269 e. The Kier molecular flexibility index (Phi) is 2.92. The molecule has 0 unspecified atom stereocenters. The molecule has 0 radical (unpaired) electrons. The van der Waals surface area contributed by atoms with Crippen LogP contribution in [0.4, 0.5) is 0 Å². The minimum atomic E-state index is -3.01. The zero-order valence-corrected chi connectivity index (χ0v) is 10.1. The second-order valence-corrected chi connectivity index (χ2v) is 6.59. The van der Waals surface area contributed by atoms with Gasteiger partial charge in [-0.15, -0.1) is 0 Å². The number of aromatic nitrogens is 2. The Morgan fingerprint density at radius 2 is 2.12 bits per heavy atom. The summed E-state index contributed by atoms with van der Waals surface area (Å²) in [5.41, 5.74) is 1.78. The number of aromatic amines is 1. The minimum Gasteiger partial charge on any atom is -0.299 e. The van der Waals surface area contributed by atoms with E-state index in [2.05, 4.69) is 5.10 Å². The Labute approximate surface area is 94.4 Å². The highest BCUT2D eigenvalue weighted by molar-refractivity contribution is 7.91. The molecule has 0 fully saturated rings. The molecule has 0 saturated heterocycles. The van der Waals surface area contributed by atoms with Crippen LogP contribution in [0.1, 0.15) is 24.6 Å². The Morgan fingerprint density at radius 3 is 2.75 bits per heavy atom. The van der Waals surface area contributed by atoms with Crippen molar-refractivity contribution in [2.24, 2.45) is 0 Å². The van der Waals surface area contributed by atoms with Crippen molar-refractivity contribution in [3.8, 4) is 0 Å². The highest BCUT2D eigenvalue weighted by Gasteiger charge is 2.19. The standard InChI is InChI=1S/C10H16N2O3S/c1-2-16(14,15)7-6-12-10(13)8-4-3-5-9(8)11-12/h11H,2-7H2,1H3. The second kappa shape index (κ2) is 4.08. The Hall–Kier alpha value is -1.04. The molecule has 0 aromatic carbocycles. The van der Waals surface area contributed by atoms with Gasteiger partial charge in [-0.05, 0) is 19.3 Å². The van der Waals surface area contributed by atoms with Crippen molar-refractivity contribution < 1.29 is 8.42 Å². The average molecular weight is 244 g/mol. The largest absolute Gasteiger partial charge is 0.299 e. The van der Waals surface area contributed by atoms with Crippen LogP contribution >= 0.6 is 0 Å². The average Bonchev–Trinajstić information content (AvgIpc) is 2.80. The molecule has 1 aromatic rings. The van der Waals surface area contributed by atoms with Gasteiger partial charge in [0, 0.05) is 17.0 Å². The summed E-state index contributed by atoms with van der Waals surface area (Å²) in [4.78, 5) is 11.8. The predicted octanol–water partition coefficient (Wildman–Crippen LogP) is 0.0998. The maximum absolute atomic E-state index is 11.8. The third-order valence-corrected chi connectivity index (χ3v) is 4.74. The molecule has 6 heteroatoms. The van der Waals surface area contributed by atoms with Crippen LogP contribution in [-0.2, 0) is 29.2 Å². The molecule has 16 heavy (non-hydrogen) atoms. The molecule has 0 saturated carbocycles. The number of rotatable bonds is 4. The van der Waals surface area contributed by atoms with Gasteiger partial charge in [-0.1, -0.05) is 6.92 Å². The van der Waals surface area contributed by atoms with Crippen LogP contribution in [0.15, 0.2) is 4.79 Å². The molecule has 0 bridgehead atoms. The van der Waals surface area contributed by atoms with Crippen molar-refractivity contribution in [2.75, 3.05) is 11.5 Å². The quantitative estimate of drug-likeness (QED) is 0.816. The highest BCUT2D eigenvalue weighted by Crippen LogP contribution is 2.15. The number of aryl methyl sites for hydroxylation is 2. The lowest BCUT2D eigenvalue weighted by atomic mass is 10.3. The zero-order chi connectivity index (χ0) is 11.8. The maximum atomic E-state index is 11.8. The summed E-state index contributed by atoms with van der Waals surface area (Å²) < 4.78 is 24.1. The monoisotopic (exact) mass is 244 g/mol. The van der Waals surface area contributed by atoms with E-state index in [-0.39, 0.29) is 23.6 Å². The third-order valence-electron chi connectivity index (χ3n) is 3.06. The molecule has 1 aromatic heterocycles. The van der Waals surface area contributed by atoms with Crippen molar-refractivity contribution in [3.05, 3.63) is 21.6 Å². The Balaban J connectivity index is 2.15. The molecule has 2 rings (SSSR count). The molecule has 0 spiro atoms. The van der Waals surface area contributed by atoms with Crippen molar-refractivity contribution in [2.45, 2.75) is 32.7 Å². The van der Waals surface area contributed by atoms with Crippen LogP contribution < -0.4 is 5.56 Å². The van der Waals surface area contributed by atoms with E-state index in [9.17, 15) is 13.2 Å². The van der Waals surface area contributed by atoms with Gasteiger partial charge in [-0.3, -0.25) is 14.6 Å². The normalized spacial score (nSPS) is 15.3. The zero-order valence-electron chi connectivity index (χ0n) is 9.32. The summed E-state index contributed by atoms with van der Waals surface area (Å²) in [5.74, 6) is 0.158. The van der Waals surface area contributed by atoms with Gasteiger partial charge in [0.2, 0.25) is 0 Å². The van der Waals surface area contributed by atoms with Crippen LogP contribution in [0.25, 0.3) is 0 Å². The lowest BCUT2D eigenvalue weighted by molar-refractivity contribution is 0.573. The number of sulfone groups is 1. The van der Waals surface area contributed by atoms with Crippen LogP contribution in [0, 0.1) is 0 Å². The second-order valence-electron chi connectivity index (χ2n) is 4.12. The number of hydrogen-bond acceptors (Lipinski definition) is 3. The van der Waals surface area contributed by atoms with Gasteiger partial charge in [-0.25, -0.2) is 8.42 Å². The molecule has 0 amide bonds. The van der Waals surface area contributed by atoms with Gasteiger partial charge < -0.3 is 0 Å². The van der Waals surface area contributed by atoms with E-state index in [1.807, 2.05) is 0 Å². The van der Waals surface area contributed by atoms with Gasteiger partial charge in [0.25, 0.3) is 5.56 Å². The topological polar surface area (TPSA) is 71.9 Å². The molecular formula is C10H16N2O3S. The molecule has 1 heterocycles. The number of nitrogens with one attached hydrogen (secondary N) is 1. The van der Waals surface area contributed by atoms with Crippen molar-refractivity contribution in [1.29, 1.82) is 0 Å². The van der Waals surface area contributed by atoms with Crippen molar-refractivity contribution >= 4 is 9.84 Å². The maximum Gasteiger partial charge on any atom is 0.269 e. The van der Waals surface area contributed by atoms with Gasteiger partial charge >= 0.3 is 0 Å². The van der Waals surface area contributed by atoms with Gasteiger partial charge in [-0.2, -0.15) is 0 Å². The summed E-state index contributed by atoms with van der Waals surface area (Å²) in [6.45, 7) is 1.86. The molecule has 0 aliphatic heterocycles. The number of fused-ring (bicyclic) bond motifs is 1. The summed E-state index contributed by atoms with van der Waals surface area (Å²) in [6.07, 6.45) is 2.74. The third kappa shape index (κ3) is 2.07. The van der Waals surface area contributed by atoms with Crippen LogP contribution in [-0.4, -0.2) is 29.7 Å². The lowest BCUT2D eigenvalue weighted by Crippen LogP contribution is -2.24. The fraction of sp³-hybridized carbons (Fsp3) is 0.700. The summed E-state index contributed by atoms with van der Waals surface area (Å²) >= 11 is 0. The summed E-state index contributed by atoms with van der Waals surface area (Å²) in [6, 6.07) is 0. The summed E-state index contributed by atoms with van der Waals surface area (Å²) in [5, 5.41) is 3.00. The SMILES string of the molecule is CCS(=O)(=O)CCn1[nH]c2c(c1=O)CCC2. The number of hydrogen-bond donors (Lipinski definition) is 1. The first-order valence-electron chi connectivity index (χ1n) is 5.54. The van der Waals surface area contributed by atoms with E-state index in [0.29, 0.717) is 0 Å². The fourth-order valence-corrected chi connectivity index (χ4v) is 2.76. The highest BCUT2D eigenvalue weighted by atomic mass is 32.2. The van der Waals surface area contributed by atoms with Crippen LogP contribution in [0.5, 0.6) is 0 Å². The lowest BCUT2D eigenvalue weighted by Gasteiger charge is -2.02. The van der Waals surface area contributed by atoms with Gasteiger partial charge in [0.05, 0.1) is 12.3 Å². The van der Waals surface area contributed by atoms with Crippen molar-refractivity contribution in [3.63, 3.8) is 0 Å². The van der Waals surface area contributed by atoms with E-state index in [4.69, 9.17) is 0 Å². The summed E-state index contributed by atoms with van der Waals surface area (Å²) in [7, 11) is -3.01. The molecule has 1 aliphatic carbocycles. The van der Waals surface area contributed by atoms with E-state index >= 15 is 0 Å². The van der Waals surface area contributed by atoms with E-state index in [1.54, 1.807) is 6.92 Å². The first-order valence-corrected chi connectivity index (χ1v) is 7.36. The minimum absolute atomic E-state index is 0.0306. The molecule has 90 valence electrons. The molecule has 5 nitrogen and oxygen atoms in total. The van der Waals surface area contributed by atoms with Gasteiger partial charge in [0.15, 0.2) is 9.84 Å². The molecular weight excluding hydrogens is 228 g/mol. The molecule has 1 aliphatic rings. The van der Waals surface area contributed by atoms with Crippen LogP contribution in [0.3, 0.4) is 0 Å². The first-order chi connectivity index (χ1) is 7.53. The van der Waals surface area contributed by atoms with Crippen LogP contribution in [0.2, 0.25) is 0 Å². The Morgan fingerprint density at radius 1 is 1.38 bits per heavy atom. The first kappa shape index (κ1) is 11.4.